The van der Waals surface area contributed by atoms with Crippen LogP contribution in [0.3, 0.4) is 0 Å². The van der Waals surface area contributed by atoms with Crippen molar-refractivity contribution in [2.45, 2.75) is 33.2 Å². The number of rotatable bonds is 6. The average molecular weight is 369 g/mol. The molecule has 7 heteroatoms. The van der Waals surface area contributed by atoms with Gasteiger partial charge in [0.25, 0.3) is 0 Å². The molecule has 1 saturated heterocycles. The predicted octanol–water partition coefficient (Wildman–Crippen LogP) is 1.95. The van der Waals surface area contributed by atoms with E-state index in [0.29, 0.717) is 23.7 Å². The Labute approximate surface area is 159 Å². The lowest BCUT2D eigenvalue weighted by atomic mass is 9.97. The van der Waals surface area contributed by atoms with Crippen molar-refractivity contribution in [2.24, 2.45) is 11.7 Å². The van der Waals surface area contributed by atoms with E-state index in [1.807, 2.05) is 6.92 Å². The minimum atomic E-state index is -0.476. The predicted molar refractivity (Wildman–Crippen MR) is 104 cm³/mol. The first-order chi connectivity index (χ1) is 12.9. The van der Waals surface area contributed by atoms with E-state index in [9.17, 15) is 9.59 Å². The lowest BCUT2D eigenvalue weighted by Crippen LogP contribution is -2.40. The van der Waals surface area contributed by atoms with Gasteiger partial charge in [-0.25, -0.2) is 0 Å². The molecule has 0 aliphatic carbocycles. The third-order valence-corrected chi connectivity index (χ3v) is 5.06. The maximum atomic E-state index is 12.3. The first-order valence-corrected chi connectivity index (χ1v) is 9.34. The molecule has 0 bridgehead atoms. The highest BCUT2D eigenvalue weighted by Crippen LogP contribution is 2.20. The van der Waals surface area contributed by atoms with Crippen LogP contribution in [0.25, 0.3) is 0 Å². The Morgan fingerprint density at radius 3 is 2.41 bits per heavy atom. The fraction of sp³-hybridized carbons (Fsp3) is 0.450. The zero-order valence-electron chi connectivity index (χ0n) is 15.9. The standard InChI is InChI=1S/C20H27N5O2/c1-14-11-15(2)25(23-14)12-16-7-9-24(10-8-16)13-19(26)22-18-5-3-17(4-6-18)20(21)27/h3-6,11,16H,7-10,12-13H2,1-2H3,(H2,21,27)(H,22,26). The first kappa shape index (κ1) is 19.1. The molecule has 0 radical (unpaired) electrons. The van der Waals surface area contributed by atoms with Crippen LogP contribution < -0.4 is 11.1 Å². The molecule has 1 aromatic heterocycles. The number of benzene rings is 1. The van der Waals surface area contributed by atoms with Crippen molar-refractivity contribution in [3.05, 3.63) is 47.3 Å². The molecule has 2 heterocycles. The SMILES string of the molecule is Cc1cc(C)n(CC2CCN(CC(=O)Nc3ccc(C(N)=O)cc3)CC2)n1. The van der Waals surface area contributed by atoms with E-state index in [2.05, 4.69) is 33.0 Å². The van der Waals surface area contributed by atoms with Gasteiger partial charge in [-0.15, -0.1) is 0 Å². The number of aryl methyl sites for hydroxylation is 2. The van der Waals surface area contributed by atoms with Gasteiger partial charge in [0, 0.05) is 23.5 Å². The van der Waals surface area contributed by atoms with E-state index < -0.39 is 5.91 Å². The molecule has 1 fully saturated rings. The lowest BCUT2D eigenvalue weighted by Gasteiger charge is -2.31. The number of hydrogen-bond acceptors (Lipinski definition) is 4. The molecule has 3 rings (SSSR count). The molecule has 1 aliphatic rings. The number of primary amides is 1. The normalized spacial score (nSPS) is 15.6. The van der Waals surface area contributed by atoms with Crippen molar-refractivity contribution in [1.82, 2.24) is 14.7 Å². The van der Waals surface area contributed by atoms with Gasteiger partial charge in [-0.3, -0.25) is 19.2 Å². The Bertz CT molecular complexity index is 804. The fourth-order valence-electron chi connectivity index (χ4n) is 3.55. The summed E-state index contributed by atoms with van der Waals surface area (Å²) in [6.07, 6.45) is 2.14. The maximum Gasteiger partial charge on any atom is 0.248 e. The summed E-state index contributed by atoms with van der Waals surface area (Å²) in [7, 11) is 0. The summed E-state index contributed by atoms with van der Waals surface area (Å²) in [6, 6.07) is 8.72. The number of hydrogen-bond donors (Lipinski definition) is 2. The summed E-state index contributed by atoms with van der Waals surface area (Å²) in [5.41, 5.74) is 8.58. The van der Waals surface area contributed by atoms with Gasteiger partial charge in [-0.2, -0.15) is 5.10 Å². The topological polar surface area (TPSA) is 93.3 Å². The number of nitrogens with two attached hydrogens (primary N) is 1. The molecule has 0 unspecified atom stereocenters. The van der Waals surface area contributed by atoms with Crippen LogP contribution in [0.15, 0.2) is 30.3 Å². The first-order valence-electron chi connectivity index (χ1n) is 9.34. The number of carbonyl (C=O) groups is 2. The number of nitrogens with one attached hydrogen (secondary N) is 1. The van der Waals surface area contributed by atoms with Crippen LogP contribution in [0.4, 0.5) is 5.69 Å². The van der Waals surface area contributed by atoms with Crippen LogP contribution in [0.5, 0.6) is 0 Å². The Morgan fingerprint density at radius 1 is 1.19 bits per heavy atom. The molecular formula is C20H27N5O2. The number of likely N-dealkylation sites (tertiary alicyclic amines) is 1. The van der Waals surface area contributed by atoms with Gasteiger partial charge in [-0.1, -0.05) is 0 Å². The van der Waals surface area contributed by atoms with Crippen molar-refractivity contribution in [2.75, 3.05) is 25.0 Å². The van der Waals surface area contributed by atoms with E-state index >= 15 is 0 Å². The number of amides is 2. The van der Waals surface area contributed by atoms with E-state index in [1.165, 1.54) is 5.69 Å². The third-order valence-electron chi connectivity index (χ3n) is 5.06. The average Bonchev–Trinajstić information content (AvgIpc) is 2.94. The van der Waals surface area contributed by atoms with E-state index in [4.69, 9.17) is 5.73 Å². The second-order valence-corrected chi connectivity index (χ2v) is 7.32. The lowest BCUT2D eigenvalue weighted by molar-refractivity contribution is -0.117. The molecule has 0 spiro atoms. The molecule has 7 nitrogen and oxygen atoms in total. The molecule has 0 saturated carbocycles. The maximum absolute atomic E-state index is 12.3. The van der Waals surface area contributed by atoms with Crippen LogP contribution >= 0.6 is 0 Å². The Balaban J connectivity index is 1.43. The van der Waals surface area contributed by atoms with Crippen LogP contribution in [-0.4, -0.2) is 46.1 Å². The Morgan fingerprint density at radius 2 is 1.85 bits per heavy atom. The molecular weight excluding hydrogens is 342 g/mol. The van der Waals surface area contributed by atoms with Gasteiger partial charge in [0.05, 0.1) is 12.2 Å². The molecule has 0 atom stereocenters. The van der Waals surface area contributed by atoms with Gasteiger partial charge < -0.3 is 11.1 Å². The highest BCUT2D eigenvalue weighted by atomic mass is 16.2. The summed E-state index contributed by atoms with van der Waals surface area (Å²) in [4.78, 5) is 25.5. The summed E-state index contributed by atoms with van der Waals surface area (Å²) in [6.45, 7) is 7.27. The molecule has 1 aliphatic heterocycles. The molecule has 2 aromatic rings. The highest BCUT2D eigenvalue weighted by Gasteiger charge is 2.22. The minimum absolute atomic E-state index is 0.0428. The van der Waals surface area contributed by atoms with Crippen molar-refractivity contribution in [3.63, 3.8) is 0 Å². The number of aromatic nitrogens is 2. The Hall–Kier alpha value is -2.67. The van der Waals surface area contributed by atoms with Gasteiger partial charge in [0.15, 0.2) is 0 Å². The quantitative estimate of drug-likeness (QED) is 0.814. The molecule has 2 amide bonds. The molecule has 27 heavy (non-hydrogen) atoms. The van der Waals surface area contributed by atoms with Crippen molar-refractivity contribution in [3.8, 4) is 0 Å². The van der Waals surface area contributed by atoms with Crippen molar-refractivity contribution < 1.29 is 9.59 Å². The van der Waals surface area contributed by atoms with Crippen LogP contribution in [-0.2, 0) is 11.3 Å². The second kappa shape index (κ2) is 8.35. The summed E-state index contributed by atoms with van der Waals surface area (Å²) < 4.78 is 2.10. The number of anilines is 1. The zero-order chi connectivity index (χ0) is 19.4. The fourth-order valence-corrected chi connectivity index (χ4v) is 3.55. The van der Waals surface area contributed by atoms with Gasteiger partial charge in [0.1, 0.15) is 0 Å². The monoisotopic (exact) mass is 369 g/mol. The third kappa shape index (κ3) is 5.17. The van der Waals surface area contributed by atoms with Gasteiger partial charge in [-0.05, 0) is 76.0 Å². The molecule has 3 N–H and O–H groups in total. The van der Waals surface area contributed by atoms with Gasteiger partial charge in [0.2, 0.25) is 11.8 Å². The highest BCUT2D eigenvalue weighted by molar-refractivity contribution is 5.95. The Kier molecular flexibility index (Phi) is 5.91. The van der Waals surface area contributed by atoms with Crippen LogP contribution in [0.1, 0.15) is 34.6 Å². The number of piperidine rings is 1. The van der Waals surface area contributed by atoms with Crippen LogP contribution in [0, 0.1) is 19.8 Å². The van der Waals surface area contributed by atoms with Crippen molar-refractivity contribution in [1.29, 1.82) is 0 Å². The summed E-state index contributed by atoms with van der Waals surface area (Å²) >= 11 is 0. The molecule has 1 aromatic carbocycles. The molecule has 144 valence electrons. The van der Waals surface area contributed by atoms with Crippen molar-refractivity contribution >= 4 is 17.5 Å². The van der Waals surface area contributed by atoms with E-state index in [0.717, 1.165) is 38.2 Å². The zero-order valence-corrected chi connectivity index (χ0v) is 15.9. The number of carbonyl (C=O) groups excluding carboxylic acids is 2. The summed E-state index contributed by atoms with van der Waals surface area (Å²) in [5.74, 6) is 0.0821. The number of nitrogens with zero attached hydrogens (tertiary/aromatic N) is 3. The largest absolute Gasteiger partial charge is 0.366 e. The smallest absolute Gasteiger partial charge is 0.248 e. The minimum Gasteiger partial charge on any atom is -0.366 e. The van der Waals surface area contributed by atoms with E-state index in [1.54, 1.807) is 24.3 Å². The summed E-state index contributed by atoms with van der Waals surface area (Å²) in [5, 5.41) is 7.42. The van der Waals surface area contributed by atoms with E-state index in [-0.39, 0.29) is 5.91 Å². The second-order valence-electron chi connectivity index (χ2n) is 7.32. The van der Waals surface area contributed by atoms with Crippen LogP contribution in [0.2, 0.25) is 0 Å². The van der Waals surface area contributed by atoms with Gasteiger partial charge >= 0.3 is 0 Å².